The monoisotopic (exact) mass is 291 g/mol. The number of phenols is 1. The van der Waals surface area contributed by atoms with Crippen molar-refractivity contribution in [2.24, 2.45) is 0 Å². The van der Waals surface area contributed by atoms with Gasteiger partial charge in [-0.2, -0.15) is 0 Å². The molecule has 0 aliphatic carbocycles. The van der Waals surface area contributed by atoms with Gasteiger partial charge in [0.2, 0.25) is 0 Å². The lowest BCUT2D eigenvalue weighted by Crippen LogP contribution is -2.24. The molecule has 118 valence electrons. The number of aromatic hydroxyl groups is 1. The Hall–Kier alpha value is -1.51. The second kappa shape index (κ2) is 10.3. The third-order valence-electron chi connectivity index (χ3n) is 3.80. The standard InChI is InChI=1S/C18H29NO2/c1-3-4-5-6-7-8-9-10-14-19-18(21)16-13-11-12-15(2)17(16)20/h11-13,20H,3-10,14H2,1-2H3,(H,19,21). The molecule has 0 saturated heterocycles. The van der Waals surface area contributed by atoms with Crippen LogP contribution in [0.5, 0.6) is 5.75 Å². The largest absolute Gasteiger partial charge is 0.507 e. The van der Waals surface area contributed by atoms with E-state index in [9.17, 15) is 9.90 Å². The molecule has 0 atom stereocenters. The zero-order valence-corrected chi connectivity index (χ0v) is 13.5. The average Bonchev–Trinajstić information content (AvgIpc) is 2.48. The normalized spacial score (nSPS) is 10.6. The minimum Gasteiger partial charge on any atom is -0.507 e. The van der Waals surface area contributed by atoms with E-state index in [2.05, 4.69) is 12.2 Å². The fraction of sp³-hybridized carbons (Fsp3) is 0.611. The molecule has 2 N–H and O–H groups in total. The zero-order chi connectivity index (χ0) is 15.5. The number of rotatable bonds is 10. The number of para-hydroxylation sites is 1. The molecule has 3 nitrogen and oxygen atoms in total. The molecule has 0 heterocycles. The number of hydrogen-bond acceptors (Lipinski definition) is 2. The smallest absolute Gasteiger partial charge is 0.255 e. The SMILES string of the molecule is CCCCCCCCCCNC(=O)c1cccc(C)c1O. The highest BCUT2D eigenvalue weighted by Gasteiger charge is 2.11. The summed E-state index contributed by atoms with van der Waals surface area (Å²) in [5, 5.41) is 12.7. The first-order valence-corrected chi connectivity index (χ1v) is 8.23. The average molecular weight is 291 g/mol. The molecule has 1 rings (SSSR count). The molecule has 0 bridgehead atoms. The van der Waals surface area contributed by atoms with Crippen molar-refractivity contribution in [2.45, 2.75) is 65.2 Å². The van der Waals surface area contributed by atoms with E-state index < -0.39 is 0 Å². The summed E-state index contributed by atoms with van der Waals surface area (Å²) in [4.78, 5) is 12.0. The number of unbranched alkanes of at least 4 members (excludes halogenated alkanes) is 7. The molecule has 0 spiro atoms. The fourth-order valence-corrected chi connectivity index (χ4v) is 2.40. The fourth-order valence-electron chi connectivity index (χ4n) is 2.40. The molecular formula is C18H29NO2. The molecule has 0 aliphatic heterocycles. The van der Waals surface area contributed by atoms with Crippen molar-refractivity contribution in [1.29, 1.82) is 0 Å². The van der Waals surface area contributed by atoms with Crippen LogP contribution in [-0.2, 0) is 0 Å². The van der Waals surface area contributed by atoms with Crippen LogP contribution in [0.3, 0.4) is 0 Å². The van der Waals surface area contributed by atoms with Gasteiger partial charge in [-0.1, -0.05) is 64.0 Å². The number of aryl methyl sites for hydroxylation is 1. The molecule has 21 heavy (non-hydrogen) atoms. The summed E-state index contributed by atoms with van der Waals surface area (Å²) >= 11 is 0. The highest BCUT2D eigenvalue weighted by molar-refractivity contribution is 5.97. The Morgan fingerprint density at radius 2 is 1.67 bits per heavy atom. The molecule has 0 aliphatic rings. The Kier molecular flexibility index (Phi) is 8.56. The van der Waals surface area contributed by atoms with Gasteiger partial charge in [0, 0.05) is 6.54 Å². The summed E-state index contributed by atoms with van der Waals surface area (Å²) in [6.45, 7) is 4.71. The van der Waals surface area contributed by atoms with Gasteiger partial charge >= 0.3 is 0 Å². The number of benzene rings is 1. The third-order valence-corrected chi connectivity index (χ3v) is 3.80. The lowest BCUT2D eigenvalue weighted by Gasteiger charge is -2.08. The maximum atomic E-state index is 12.0. The van der Waals surface area contributed by atoms with Crippen molar-refractivity contribution in [2.75, 3.05) is 6.54 Å². The topological polar surface area (TPSA) is 49.3 Å². The Morgan fingerprint density at radius 1 is 1.05 bits per heavy atom. The Labute approximate surface area is 128 Å². The first kappa shape index (κ1) is 17.5. The summed E-state index contributed by atoms with van der Waals surface area (Å²) in [7, 11) is 0. The summed E-state index contributed by atoms with van der Waals surface area (Å²) in [5.74, 6) is -0.0925. The third kappa shape index (κ3) is 6.65. The number of phenolic OH excluding ortho intramolecular Hbond substituents is 1. The predicted molar refractivity (Wildman–Crippen MR) is 87.8 cm³/mol. The van der Waals surface area contributed by atoms with E-state index in [1.165, 1.54) is 38.5 Å². The minimum atomic E-state index is -0.181. The van der Waals surface area contributed by atoms with E-state index in [1.807, 2.05) is 0 Å². The van der Waals surface area contributed by atoms with Crippen LogP contribution < -0.4 is 5.32 Å². The first-order chi connectivity index (χ1) is 10.2. The Bertz CT molecular complexity index is 429. The first-order valence-electron chi connectivity index (χ1n) is 8.23. The molecule has 0 unspecified atom stereocenters. The number of amides is 1. The van der Waals surface area contributed by atoms with Gasteiger partial charge in [0.05, 0.1) is 5.56 Å². The van der Waals surface area contributed by atoms with Crippen molar-refractivity contribution in [3.8, 4) is 5.75 Å². The molecule has 1 aromatic rings. The Balaban J connectivity index is 2.13. The summed E-state index contributed by atoms with van der Waals surface area (Å²) in [6, 6.07) is 5.25. The van der Waals surface area contributed by atoms with Crippen molar-refractivity contribution in [3.63, 3.8) is 0 Å². The number of nitrogens with one attached hydrogen (secondary N) is 1. The van der Waals surface area contributed by atoms with E-state index in [4.69, 9.17) is 0 Å². The van der Waals surface area contributed by atoms with Crippen molar-refractivity contribution < 1.29 is 9.90 Å². The molecular weight excluding hydrogens is 262 g/mol. The maximum absolute atomic E-state index is 12.0. The van der Waals surface area contributed by atoms with Crippen LogP contribution in [0.4, 0.5) is 0 Å². The molecule has 0 saturated carbocycles. The molecule has 0 radical (unpaired) electrons. The molecule has 1 aromatic carbocycles. The predicted octanol–water partition coefficient (Wildman–Crippen LogP) is 4.57. The molecule has 1 amide bonds. The lowest BCUT2D eigenvalue weighted by molar-refractivity contribution is 0.0950. The maximum Gasteiger partial charge on any atom is 0.255 e. The molecule has 0 aromatic heterocycles. The van der Waals surface area contributed by atoms with Crippen LogP contribution in [-0.4, -0.2) is 17.6 Å². The van der Waals surface area contributed by atoms with Crippen LogP contribution in [0, 0.1) is 6.92 Å². The molecule has 3 heteroatoms. The van der Waals surface area contributed by atoms with Crippen LogP contribution in [0.2, 0.25) is 0 Å². The zero-order valence-electron chi connectivity index (χ0n) is 13.5. The quantitative estimate of drug-likeness (QED) is 0.620. The van der Waals surface area contributed by atoms with Crippen molar-refractivity contribution in [3.05, 3.63) is 29.3 Å². The van der Waals surface area contributed by atoms with Crippen molar-refractivity contribution >= 4 is 5.91 Å². The summed E-state index contributed by atoms with van der Waals surface area (Å²) in [6.07, 6.45) is 10.0. The van der Waals surface area contributed by atoms with Gasteiger partial charge < -0.3 is 10.4 Å². The van der Waals surface area contributed by atoms with Gasteiger partial charge in [-0.05, 0) is 25.0 Å². The Morgan fingerprint density at radius 3 is 2.33 bits per heavy atom. The summed E-state index contributed by atoms with van der Waals surface area (Å²) < 4.78 is 0. The van der Waals surface area contributed by atoms with Crippen LogP contribution in [0.15, 0.2) is 18.2 Å². The van der Waals surface area contributed by atoms with Gasteiger partial charge in [0.25, 0.3) is 5.91 Å². The van der Waals surface area contributed by atoms with E-state index in [-0.39, 0.29) is 11.7 Å². The van der Waals surface area contributed by atoms with E-state index in [0.717, 1.165) is 18.4 Å². The van der Waals surface area contributed by atoms with E-state index in [0.29, 0.717) is 12.1 Å². The van der Waals surface area contributed by atoms with Gasteiger partial charge in [0.15, 0.2) is 0 Å². The van der Waals surface area contributed by atoms with Gasteiger partial charge in [-0.15, -0.1) is 0 Å². The van der Waals surface area contributed by atoms with E-state index in [1.54, 1.807) is 25.1 Å². The van der Waals surface area contributed by atoms with Crippen LogP contribution >= 0.6 is 0 Å². The van der Waals surface area contributed by atoms with Gasteiger partial charge in [-0.3, -0.25) is 4.79 Å². The van der Waals surface area contributed by atoms with Crippen LogP contribution in [0.1, 0.15) is 74.2 Å². The second-order valence-electron chi connectivity index (χ2n) is 5.70. The lowest BCUT2D eigenvalue weighted by atomic mass is 10.1. The van der Waals surface area contributed by atoms with E-state index >= 15 is 0 Å². The second-order valence-corrected chi connectivity index (χ2v) is 5.70. The van der Waals surface area contributed by atoms with Gasteiger partial charge in [0.1, 0.15) is 5.75 Å². The number of carbonyl (C=O) groups excluding carboxylic acids is 1. The minimum absolute atomic E-state index is 0.0888. The van der Waals surface area contributed by atoms with Crippen LogP contribution in [0.25, 0.3) is 0 Å². The van der Waals surface area contributed by atoms with Crippen molar-refractivity contribution in [1.82, 2.24) is 5.32 Å². The number of carbonyl (C=O) groups is 1. The molecule has 0 fully saturated rings. The number of hydrogen-bond donors (Lipinski definition) is 2. The summed E-state index contributed by atoms with van der Waals surface area (Å²) in [5.41, 5.74) is 1.10. The van der Waals surface area contributed by atoms with Gasteiger partial charge in [-0.25, -0.2) is 0 Å². The highest BCUT2D eigenvalue weighted by Crippen LogP contribution is 2.21. The highest BCUT2D eigenvalue weighted by atomic mass is 16.3.